The number of hydrogen-bond donors (Lipinski definition) is 1. The fourth-order valence-electron chi connectivity index (χ4n) is 2.76. The van der Waals surface area contributed by atoms with Crippen LogP contribution in [0, 0.1) is 6.92 Å². The molecule has 1 fully saturated rings. The lowest BCUT2D eigenvalue weighted by molar-refractivity contribution is 0.169. The highest BCUT2D eigenvalue weighted by Gasteiger charge is 2.20. The minimum absolute atomic E-state index is 0. The van der Waals surface area contributed by atoms with Crippen molar-refractivity contribution in [2.75, 3.05) is 33.2 Å². The molecule has 1 aliphatic rings. The van der Waals surface area contributed by atoms with Crippen molar-refractivity contribution in [1.82, 2.24) is 35.0 Å². The van der Waals surface area contributed by atoms with Crippen molar-refractivity contribution in [2.45, 2.75) is 20.0 Å². The second-order valence-corrected chi connectivity index (χ2v) is 5.88. The van der Waals surface area contributed by atoms with E-state index in [-0.39, 0.29) is 24.0 Å². The molecule has 0 aliphatic carbocycles. The van der Waals surface area contributed by atoms with Crippen molar-refractivity contribution >= 4 is 29.9 Å². The first kappa shape index (κ1) is 19.6. The highest BCUT2D eigenvalue weighted by atomic mass is 127. The number of nitrogens with one attached hydrogen (secondary N) is 1. The zero-order valence-electron chi connectivity index (χ0n) is 14.8. The van der Waals surface area contributed by atoms with Crippen LogP contribution in [0.2, 0.25) is 0 Å². The maximum atomic E-state index is 4.89. The van der Waals surface area contributed by atoms with Gasteiger partial charge in [-0.05, 0) is 6.92 Å². The average Bonchev–Trinajstić information content (AvgIpc) is 3.21. The molecule has 1 saturated heterocycles. The number of piperazine rings is 1. The topological polar surface area (TPSA) is 87.6 Å². The summed E-state index contributed by atoms with van der Waals surface area (Å²) in [4.78, 5) is 9.03. The summed E-state index contributed by atoms with van der Waals surface area (Å²) in [6, 6.07) is 1.91. The van der Waals surface area contributed by atoms with E-state index in [2.05, 4.69) is 35.5 Å². The van der Waals surface area contributed by atoms with Gasteiger partial charge in [0, 0.05) is 52.9 Å². The van der Waals surface area contributed by atoms with Gasteiger partial charge in [0.1, 0.15) is 12.1 Å². The lowest BCUT2D eigenvalue weighted by Crippen LogP contribution is -2.52. The molecule has 1 N–H and O–H groups in total. The molecule has 3 rings (SSSR count). The third-order valence-electron chi connectivity index (χ3n) is 4.35. The SMILES string of the molecule is CN=C(NCc1nnc(C)n1C)N1CCN(Cc2ccon2)CC1.I. The first-order valence-corrected chi connectivity index (χ1v) is 8.09. The molecule has 0 spiro atoms. The third kappa shape index (κ3) is 4.91. The van der Waals surface area contributed by atoms with Gasteiger partial charge in [-0.2, -0.15) is 0 Å². The molecule has 0 amide bonds. The van der Waals surface area contributed by atoms with E-state index in [0.29, 0.717) is 6.54 Å². The Kier molecular flexibility index (Phi) is 7.17. The lowest BCUT2D eigenvalue weighted by Gasteiger charge is -2.36. The zero-order chi connectivity index (χ0) is 16.9. The van der Waals surface area contributed by atoms with E-state index in [1.807, 2.05) is 31.7 Å². The average molecular weight is 460 g/mol. The first-order chi connectivity index (χ1) is 11.7. The molecule has 0 unspecified atom stereocenters. The Balaban J connectivity index is 0.00000225. The molecule has 2 aromatic heterocycles. The summed E-state index contributed by atoms with van der Waals surface area (Å²) in [6.45, 7) is 7.18. The van der Waals surface area contributed by atoms with Gasteiger partial charge < -0.3 is 19.3 Å². The number of rotatable bonds is 4. The Hall–Kier alpha value is -1.69. The number of guanidine groups is 1. The molecule has 3 heterocycles. The Morgan fingerprint density at radius 1 is 1.28 bits per heavy atom. The molecule has 1 aliphatic heterocycles. The van der Waals surface area contributed by atoms with Crippen LogP contribution < -0.4 is 5.32 Å². The van der Waals surface area contributed by atoms with Crippen molar-refractivity contribution < 1.29 is 4.52 Å². The van der Waals surface area contributed by atoms with Crippen LogP contribution in [0.5, 0.6) is 0 Å². The van der Waals surface area contributed by atoms with Crippen LogP contribution >= 0.6 is 24.0 Å². The highest BCUT2D eigenvalue weighted by molar-refractivity contribution is 14.0. The van der Waals surface area contributed by atoms with Crippen LogP contribution in [0.25, 0.3) is 0 Å². The molecule has 0 atom stereocenters. The summed E-state index contributed by atoms with van der Waals surface area (Å²) in [7, 11) is 3.78. The maximum Gasteiger partial charge on any atom is 0.194 e. The quantitative estimate of drug-likeness (QED) is 0.407. The Bertz CT molecular complexity index is 676. The molecule has 0 bridgehead atoms. The summed E-state index contributed by atoms with van der Waals surface area (Å²) in [5, 5.41) is 15.6. The van der Waals surface area contributed by atoms with Gasteiger partial charge in [-0.1, -0.05) is 5.16 Å². The van der Waals surface area contributed by atoms with Crippen LogP contribution in [0.4, 0.5) is 0 Å². The predicted octanol–water partition coefficient (Wildman–Crippen LogP) is 0.623. The molecular formula is C15H25IN8O. The maximum absolute atomic E-state index is 4.89. The first-order valence-electron chi connectivity index (χ1n) is 8.09. The van der Waals surface area contributed by atoms with Crippen LogP contribution in [0.3, 0.4) is 0 Å². The molecule has 0 aromatic carbocycles. The summed E-state index contributed by atoms with van der Waals surface area (Å²) < 4.78 is 6.87. The summed E-state index contributed by atoms with van der Waals surface area (Å²) in [5.41, 5.74) is 0.976. The number of aryl methyl sites for hydroxylation is 1. The number of aromatic nitrogens is 4. The minimum atomic E-state index is 0. The molecule has 0 saturated carbocycles. The Morgan fingerprint density at radius 2 is 2.04 bits per heavy atom. The number of halogens is 1. The summed E-state index contributed by atoms with van der Waals surface area (Å²) in [5.74, 6) is 2.71. The number of nitrogens with zero attached hydrogens (tertiary/aromatic N) is 7. The van der Waals surface area contributed by atoms with Gasteiger partial charge in [0.25, 0.3) is 0 Å². The van der Waals surface area contributed by atoms with Gasteiger partial charge in [-0.25, -0.2) is 0 Å². The molecule has 10 heteroatoms. The van der Waals surface area contributed by atoms with Gasteiger partial charge in [0.05, 0.1) is 12.2 Å². The minimum Gasteiger partial charge on any atom is -0.364 e. The zero-order valence-corrected chi connectivity index (χ0v) is 17.2. The van der Waals surface area contributed by atoms with Crippen molar-refractivity contribution in [3.8, 4) is 0 Å². The van der Waals surface area contributed by atoms with E-state index in [4.69, 9.17) is 4.52 Å². The van der Waals surface area contributed by atoms with Crippen LogP contribution in [0.1, 0.15) is 17.3 Å². The molecular weight excluding hydrogens is 435 g/mol. The standard InChI is InChI=1S/C15H24N8O.HI/c1-12-18-19-14(21(12)3)10-17-15(16-2)23-7-5-22(6-8-23)11-13-4-9-24-20-13;/h4,9H,5-8,10-11H2,1-3H3,(H,16,17);1H. The Morgan fingerprint density at radius 3 is 2.60 bits per heavy atom. The molecule has 25 heavy (non-hydrogen) atoms. The largest absolute Gasteiger partial charge is 0.364 e. The molecule has 9 nitrogen and oxygen atoms in total. The van der Waals surface area contributed by atoms with Crippen LogP contribution in [-0.4, -0.2) is 68.9 Å². The molecule has 138 valence electrons. The Labute approximate surface area is 164 Å². The third-order valence-corrected chi connectivity index (χ3v) is 4.35. The van der Waals surface area contributed by atoms with Crippen LogP contribution in [-0.2, 0) is 20.1 Å². The fourth-order valence-corrected chi connectivity index (χ4v) is 2.76. The smallest absolute Gasteiger partial charge is 0.194 e. The highest BCUT2D eigenvalue weighted by Crippen LogP contribution is 2.07. The van der Waals surface area contributed by atoms with Crippen molar-refractivity contribution in [3.63, 3.8) is 0 Å². The fraction of sp³-hybridized carbons (Fsp3) is 0.600. The van der Waals surface area contributed by atoms with E-state index >= 15 is 0 Å². The van der Waals surface area contributed by atoms with E-state index < -0.39 is 0 Å². The van der Waals surface area contributed by atoms with E-state index in [1.165, 1.54) is 0 Å². The number of aliphatic imine (C=N–C) groups is 1. The van der Waals surface area contributed by atoms with Gasteiger partial charge in [0.15, 0.2) is 11.8 Å². The van der Waals surface area contributed by atoms with Crippen LogP contribution in [0.15, 0.2) is 21.8 Å². The van der Waals surface area contributed by atoms with Crippen molar-refractivity contribution in [2.24, 2.45) is 12.0 Å². The molecule has 0 radical (unpaired) electrons. The second-order valence-electron chi connectivity index (χ2n) is 5.88. The predicted molar refractivity (Wildman–Crippen MR) is 105 cm³/mol. The normalized spacial score (nSPS) is 16.0. The number of hydrogen-bond acceptors (Lipinski definition) is 6. The van der Waals surface area contributed by atoms with Gasteiger partial charge in [-0.15, -0.1) is 34.2 Å². The van der Waals surface area contributed by atoms with Gasteiger partial charge in [0.2, 0.25) is 0 Å². The molecule has 2 aromatic rings. The summed E-state index contributed by atoms with van der Waals surface area (Å²) >= 11 is 0. The second kappa shape index (κ2) is 9.13. The van der Waals surface area contributed by atoms with Gasteiger partial charge in [-0.3, -0.25) is 9.89 Å². The lowest BCUT2D eigenvalue weighted by atomic mass is 10.3. The monoisotopic (exact) mass is 460 g/mol. The van der Waals surface area contributed by atoms with Crippen molar-refractivity contribution in [3.05, 3.63) is 29.7 Å². The van der Waals surface area contributed by atoms with Crippen molar-refractivity contribution in [1.29, 1.82) is 0 Å². The van der Waals surface area contributed by atoms with E-state index in [0.717, 1.165) is 56.0 Å². The van der Waals surface area contributed by atoms with E-state index in [1.54, 1.807) is 6.26 Å². The summed E-state index contributed by atoms with van der Waals surface area (Å²) in [6.07, 6.45) is 1.62. The van der Waals surface area contributed by atoms with E-state index in [9.17, 15) is 0 Å². The van der Waals surface area contributed by atoms with Gasteiger partial charge >= 0.3 is 0 Å².